The summed E-state index contributed by atoms with van der Waals surface area (Å²) in [7, 11) is 2.19. The lowest BCUT2D eigenvalue weighted by atomic mass is 9.94. The lowest BCUT2D eigenvalue weighted by Crippen LogP contribution is -2.42. The highest BCUT2D eigenvalue weighted by atomic mass is 32.1. The number of aryl methyl sites for hydroxylation is 1. The van der Waals surface area contributed by atoms with Crippen LogP contribution in [0.5, 0.6) is 0 Å². The maximum atomic E-state index is 13.5. The van der Waals surface area contributed by atoms with Gasteiger partial charge in [-0.3, -0.25) is 0 Å². The van der Waals surface area contributed by atoms with E-state index < -0.39 is 11.6 Å². The van der Waals surface area contributed by atoms with Gasteiger partial charge in [0.25, 0.3) is 0 Å². The van der Waals surface area contributed by atoms with Crippen LogP contribution in [0.15, 0.2) is 59.3 Å². The largest absolute Gasteiger partial charge is 0.459 e. The Labute approximate surface area is 221 Å². The van der Waals surface area contributed by atoms with Crippen molar-refractivity contribution in [3.63, 3.8) is 0 Å². The van der Waals surface area contributed by atoms with Gasteiger partial charge in [0.15, 0.2) is 0 Å². The summed E-state index contributed by atoms with van der Waals surface area (Å²) in [6, 6.07) is 17.8. The molecular formula is C29H32N2O3S2. The van der Waals surface area contributed by atoms with Gasteiger partial charge in [-0.05, 0) is 98.6 Å². The fourth-order valence-electron chi connectivity index (χ4n) is 6.03. The average Bonchev–Trinajstić information content (AvgIpc) is 3.72. The van der Waals surface area contributed by atoms with Crippen molar-refractivity contribution in [1.82, 2.24) is 4.90 Å². The number of hydrogen-bond donors (Lipinski definition) is 1. The molecule has 0 aliphatic heterocycles. The first-order valence-corrected chi connectivity index (χ1v) is 14.5. The molecule has 36 heavy (non-hydrogen) atoms. The Hall–Kier alpha value is -2.50. The number of rotatable bonds is 10. The molecule has 2 aliphatic rings. The summed E-state index contributed by atoms with van der Waals surface area (Å²) in [5.74, 6) is 0.138. The molecule has 5 nitrogen and oxygen atoms in total. The highest BCUT2D eigenvalue weighted by Crippen LogP contribution is 2.49. The third-order valence-electron chi connectivity index (χ3n) is 7.97. The molecule has 7 heteroatoms. The average molecular weight is 521 g/mol. The standard InChI is InChI=1S/C29H32N2O3S2/c1-31(15-3-2-6-20-9-11-21(19-30)12-10-20)24-18-22-13-14-23(24)27(22)34-28(32)29(33,25-7-4-16-35-25)26-8-5-17-36-26/h4-5,7-12,16-17,22-24,27,33H,2-3,6,13-15,18H2,1H3/t22?,23?,24-,27?/m1/s1. The predicted molar refractivity (Wildman–Crippen MR) is 143 cm³/mol. The first-order chi connectivity index (χ1) is 17.5. The van der Waals surface area contributed by atoms with E-state index in [2.05, 4.69) is 18.0 Å². The van der Waals surface area contributed by atoms with E-state index in [4.69, 9.17) is 10.00 Å². The van der Waals surface area contributed by atoms with Crippen molar-refractivity contribution in [3.05, 3.63) is 80.2 Å². The Morgan fingerprint density at radius 3 is 2.42 bits per heavy atom. The van der Waals surface area contributed by atoms with Crippen LogP contribution in [0.3, 0.4) is 0 Å². The molecule has 3 unspecified atom stereocenters. The van der Waals surface area contributed by atoms with E-state index >= 15 is 0 Å². The Morgan fingerprint density at radius 2 is 1.81 bits per heavy atom. The zero-order chi connectivity index (χ0) is 25.1. The summed E-state index contributed by atoms with van der Waals surface area (Å²) in [4.78, 5) is 17.2. The first-order valence-electron chi connectivity index (χ1n) is 12.7. The van der Waals surface area contributed by atoms with Crippen LogP contribution in [-0.2, 0) is 21.6 Å². The van der Waals surface area contributed by atoms with E-state index in [0.29, 0.717) is 33.2 Å². The molecule has 0 spiro atoms. The molecule has 2 saturated carbocycles. The van der Waals surface area contributed by atoms with Gasteiger partial charge in [-0.15, -0.1) is 22.7 Å². The zero-order valence-corrected chi connectivity index (χ0v) is 22.1. The molecule has 0 saturated heterocycles. The number of hydrogen-bond acceptors (Lipinski definition) is 7. The summed E-state index contributed by atoms with van der Waals surface area (Å²) in [5, 5.41) is 24.3. The number of nitriles is 1. The number of thiophene rings is 2. The van der Waals surface area contributed by atoms with Crippen LogP contribution in [0.25, 0.3) is 0 Å². The van der Waals surface area contributed by atoms with Crippen molar-refractivity contribution in [3.8, 4) is 6.07 Å². The highest BCUT2D eigenvalue weighted by Gasteiger charge is 2.54. The van der Waals surface area contributed by atoms with Gasteiger partial charge in [0.05, 0.1) is 21.4 Å². The maximum Gasteiger partial charge on any atom is 0.349 e. The lowest BCUT2D eigenvalue weighted by Gasteiger charge is -2.32. The van der Waals surface area contributed by atoms with Crippen LogP contribution in [0, 0.1) is 23.2 Å². The third-order valence-corrected chi connectivity index (χ3v) is 9.92. The Kier molecular flexibility index (Phi) is 7.59. The minimum atomic E-state index is -1.74. The predicted octanol–water partition coefficient (Wildman–Crippen LogP) is 5.58. The number of carbonyl (C=O) groups excluding carboxylic acids is 1. The van der Waals surface area contributed by atoms with E-state index in [9.17, 15) is 9.90 Å². The molecule has 2 heterocycles. The molecular weight excluding hydrogens is 488 g/mol. The molecule has 0 amide bonds. The summed E-state index contributed by atoms with van der Waals surface area (Å²) < 4.78 is 6.17. The van der Waals surface area contributed by atoms with Gasteiger partial charge in [-0.2, -0.15) is 5.26 Å². The number of esters is 1. The van der Waals surface area contributed by atoms with Crippen molar-refractivity contribution in [2.24, 2.45) is 11.8 Å². The summed E-state index contributed by atoms with van der Waals surface area (Å²) >= 11 is 2.76. The maximum absolute atomic E-state index is 13.5. The molecule has 2 bridgehead atoms. The number of fused-ring (bicyclic) bond motifs is 2. The van der Waals surface area contributed by atoms with Crippen molar-refractivity contribution in [1.29, 1.82) is 5.26 Å². The van der Waals surface area contributed by atoms with Gasteiger partial charge in [0.2, 0.25) is 5.60 Å². The SMILES string of the molecule is CN(CCCCc1ccc(C#N)cc1)[C@@H]1CC2CCC1C2OC(=O)C(O)(c1cccs1)c1cccs1. The van der Waals surface area contributed by atoms with E-state index in [-0.39, 0.29) is 6.10 Å². The minimum Gasteiger partial charge on any atom is -0.459 e. The topological polar surface area (TPSA) is 73.6 Å². The Bertz CT molecular complexity index is 1150. The van der Waals surface area contributed by atoms with Gasteiger partial charge in [-0.1, -0.05) is 24.3 Å². The molecule has 2 aliphatic carbocycles. The number of unbranched alkanes of at least 4 members (excludes halogenated alkanes) is 1. The molecule has 5 rings (SSSR count). The molecule has 2 fully saturated rings. The third kappa shape index (κ3) is 4.88. The monoisotopic (exact) mass is 520 g/mol. The molecule has 1 N–H and O–H groups in total. The number of ether oxygens (including phenoxy) is 1. The minimum absolute atomic E-state index is 0.130. The molecule has 0 radical (unpaired) electrons. The van der Waals surface area contributed by atoms with Crippen LogP contribution in [0.4, 0.5) is 0 Å². The number of aliphatic hydroxyl groups is 1. The molecule has 188 valence electrons. The van der Waals surface area contributed by atoms with Crippen molar-refractivity contribution < 1.29 is 14.6 Å². The zero-order valence-electron chi connectivity index (χ0n) is 20.5. The van der Waals surface area contributed by atoms with E-state index in [1.54, 1.807) is 0 Å². The van der Waals surface area contributed by atoms with E-state index in [1.807, 2.05) is 59.3 Å². The fourth-order valence-corrected chi connectivity index (χ4v) is 7.74. The normalized spacial score (nSPS) is 23.2. The fraction of sp³-hybridized carbons (Fsp3) is 0.448. The van der Waals surface area contributed by atoms with Gasteiger partial charge in [-0.25, -0.2) is 4.79 Å². The van der Waals surface area contributed by atoms with Crippen LogP contribution >= 0.6 is 22.7 Å². The van der Waals surface area contributed by atoms with Crippen molar-refractivity contribution >= 4 is 28.6 Å². The summed E-state index contributed by atoms with van der Waals surface area (Å²) in [5.41, 5.74) is 0.235. The summed E-state index contributed by atoms with van der Waals surface area (Å²) in [6.07, 6.45) is 6.29. The molecule has 2 aromatic heterocycles. The Balaban J connectivity index is 1.18. The summed E-state index contributed by atoms with van der Waals surface area (Å²) in [6.45, 7) is 1.01. The van der Waals surface area contributed by atoms with Gasteiger partial charge in [0.1, 0.15) is 6.10 Å². The number of benzene rings is 1. The van der Waals surface area contributed by atoms with Crippen LogP contribution in [0.1, 0.15) is 53.0 Å². The van der Waals surface area contributed by atoms with Crippen LogP contribution < -0.4 is 0 Å². The lowest BCUT2D eigenvalue weighted by molar-refractivity contribution is -0.170. The van der Waals surface area contributed by atoms with E-state index in [0.717, 1.165) is 45.1 Å². The van der Waals surface area contributed by atoms with E-state index in [1.165, 1.54) is 28.2 Å². The first kappa shape index (κ1) is 25.2. The number of carbonyl (C=O) groups is 1. The van der Waals surface area contributed by atoms with Crippen LogP contribution in [-0.4, -0.2) is 41.7 Å². The molecule has 1 aromatic carbocycles. The molecule has 3 aromatic rings. The number of nitrogens with zero attached hydrogens (tertiary/aromatic N) is 2. The quantitative estimate of drug-likeness (QED) is 0.279. The van der Waals surface area contributed by atoms with Gasteiger partial charge in [0, 0.05) is 12.0 Å². The van der Waals surface area contributed by atoms with Crippen molar-refractivity contribution in [2.45, 2.75) is 56.3 Å². The molecule has 4 atom stereocenters. The van der Waals surface area contributed by atoms with Crippen molar-refractivity contribution in [2.75, 3.05) is 13.6 Å². The Morgan fingerprint density at radius 1 is 1.11 bits per heavy atom. The second-order valence-electron chi connectivity index (χ2n) is 10.1. The second kappa shape index (κ2) is 10.9. The smallest absolute Gasteiger partial charge is 0.349 e. The highest BCUT2D eigenvalue weighted by molar-refractivity contribution is 7.12. The van der Waals surface area contributed by atoms with Gasteiger partial charge < -0.3 is 14.7 Å². The van der Waals surface area contributed by atoms with Gasteiger partial charge >= 0.3 is 5.97 Å². The van der Waals surface area contributed by atoms with Crippen LogP contribution in [0.2, 0.25) is 0 Å². The second-order valence-corrected chi connectivity index (χ2v) is 12.0.